The van der Waals surface area contributed by atoms with Crippen LogP contribution in [0.1, 0.15) is 18.5 Å². The van der Waals surface area contributed by atoms with E-state index in [0.29, 0.717) is 5.75 Å². The second-order valence-electron chi connectivity index (χ2n) is 8.19. The average Bonchev–Trinajstić information content (AvgIpc) is 3.40. The van der Waals surface area contributed by atoms with Crippen LogP contribution in [-0.2, 0) is 4.79 Å². The van der Waals surface area contributed by atoms with Crippen LogP contribution >= 0.6 is 11.3 Å². The molecule has 0 atom stereocenters. The molecule has 1 N–H and O–H groups in total. The number of piperidine rings is 1. The summed E-state index contributed by atoms with van der Waals surface area (Å²) in [6, 6.07) is 11.8. The van der Waals surface area contributed by atoms with Crippen LogP contribution in [0.25, 0.3) is 16.0 Å². The van der Waals surface area contributed by atoms with E-state index in [-0.39, 0.29) is 30.2 Å². The number of benzene rings is 2. The predicted octanol–water partition coefficient (Wildman–Crippen LogP) is 4.23. The number of fused-ring (bicyclic) bond motifs is 1. The first kappa shape index (κ1) is 22.3. The number of halogens is 2. The molecule has 34 heavy (non-hydrogen) atoms. The highest BCUT2D eigenvalue weighted by Crippen LogP contribution is 2.33. The van der Waals surface area contributed by atoms with E-state index < -0.39 is 0 Å². The van der Waals surface area contributed by atoms with Gasteiger partial charge < -0.3 is 15.0 Å². The molecule has 0 aliphatic carbocycles. The fourth-order valence-corrected chi connectivity index (χ4v) is 5.02. The molecule has 0 spiro atoms. The van der Waals surface area contributed by atoms with Gasteiger partial charge in [0, 0.05) is 19.1 Å². The number of aryl methyl sites for hydroxylation is 1. The summed E-state index contributed by atoms with van der Waals surface area (Å²) in [7, 11) is 0. The Bertz CT molecular complexity index is 1300. The van der Waals surface area contributed by atoms with Gasteiger partial charge in [-0.05, 0) is 68.3 Å². The van der Waals surface area contributed by atoms with Crippen molar-refractivity contribution in [2.24, 2.45) is 0 Å². The Labute approximate surface area is 199 Å². The standard InChI is InChI=1S/C24H23F2N5O2S/c1-15-22-23(31(29-15)19-6-2-16(25)3-7-19)28-24(34-22)30-12-10-18(11-13-30)27-21(32)14-33-20-8-4-17(26)5-9-20/h2-9,18H,10-14H2,1H3,(H,27,32). The van der Waals surface area contributed by atoms with Crippen molar-refractivity contribution in [2.45, 2.75) is 25.8 Å². The lowest BCUT2D eigenvalue weighted by Crippen LogP contribution is -2.46. The summed E-state index contributed by atoms with van der Waals surface area (Å²) in [5.41, 5.74) is 2.41. The molecule has 1 fully saturated rings. The molecule has 1 aliphatic rings. The molecule has 0 radical (unpaired) electrons. The quantitative estimate of drug-likeness (QED) is 0.444. The van der Waals surface area contributed by atoms with Gasteiger partial charge in [0.2, 0.25) is 0 Å². The Hall–Kier alpha value is -3.53. The zero-order valence-electron chi connectivity index (χ0n) is 18.5. The predicted molar refractivity (Wildman–Crippen MR) is 127 cm³/mol. The first-order valence-corrected chi connectivity index (χ1v) is 11.8. The third kappa shape index (κ3) is 4.72. The number of amides is 1. The normalized spacial score (nSPS) is 14.5. The molecule has 0 unspecified atom stereocenters. The lowest BCUT2D eigenvalue weighted by molar-refractivity contribution is -0.123. The van der Waals surface area contributed by atoms with Crippen LogP contribution in [-0.4, -0.2) is 46.4 Å². The number of carbonyl (C=O) groups excluding carboxylic acids is 1. The van der Waals surface area contributed by atoms with Crippen LogP contribution in [0.3, 0.4) is 0 Å². The molecule has 1 amide bonds. The molecule has 7 nitrogen and oxygen atoms in total. The van der Waals surface area contributed by atoms with Gasteiger partial charge in [0.1, 0.15) is 17.4 Å². The largest absolute Gasteiger partial charge is 0.484 e. The first-order valence-electron chi connectivity index (χ1n) is 11.0. The molecule has 2 aromatic heterocycles. The molecular formula is C24H23F2N5O2S. The van der Waals surface area contributed by atoms with Crippen molar-refractivity contribution in [3.8, 4) is 11.4 Å². The highest BCUT2D eigenvalue weighted by Gasteiger charge is 2.24. The van der Waals surface area contributed by atoms with Gasteiger partial charge >= 0.3 is 0 Å². The van der Waals surface area contributed by atoms with Gasteiger partial charge in [-0.1, -0.05) is 11.3 Å². The number of thiazole rings is 1. The fraction of sp³-hybridized carbons (Fsp3) is 0.292. The number of nitrogens with one attached hydrogen (secondary N) is 1. The Kier molecular flexibility index (Phi) is 6.14. The Morgan fingerprint density at radius 1 is 1.09 bits per heavy atom. The SMILES string of the molecule is Cc1nn(-c2ccc(F)cc2)c2nc(N3CCC(NC(=O)COc4ccc(F)cc4)CC3)sc12. The smallest absolute Gasteiger partial charge is 0.258 e. The average molecular weight is 484 g/mol. The highest BCUT2D eigenvalue weighted by atomic mass is 32.1. The van der Waals surface area contributed by atoms with E-state index in [1.54, 1.807) is 28.2 Å². The van der Waals surface area contributed by atoms with Crippen molar-refractivity contribution in [1.82, 2.24) is 20.1 Å². The van der Waals surface area contributed by atoms with E-state index in [2.05, 4.69) is 15.3 Å². The van der Waals surface area contributed by atoms with E-state index in [4.69, 9.17) is 9.72 Å². The van der Waals surface area contributed by atoms with Gasteiger partial charge in [-0.15, -0.1) is 0 Å². The maximum absolute atomic E-state index is 13.3. The summed E-state index contributed by atoms with van der Waals surface area (Å²) in [5, 5.41) is 8.49. The summed E-state index contributed by atoms with van der Waals surface area (Å²) in [5.74, 6) is -0.381. The number of aromatic nitrogens is 3. The van der Waals surface area contributed by atoms with Crippen LogP contribution in [0.4, 0.5) is 13.9 Å². The molecule has 10 heteroatoms. The number of nitrogens with zero attached hydrogens (tertiary/aromatic N) is 4. The van der Waals surface area contributed by atoms with Crippen molar-refractivity contribution in [3.05, 3.63) is 65.9 Å². The number of carbonyl (C=O) groups is 1. The zero-order valence-corrected chi connectivity index (χ0v) is 19.3. The van der Waals surface area contributed by atoms with Crippen molar-refractivity contribution in [1.29, 1.82) is 0 Å². The molecule has 1 aliphatic heterocycles. The lowest BCUT2D eigenvalue weighted by atomic mass is 10.1. The van der Waals surface area contributed by atoms with Crippen LogP contribution in [0.5, 0.6) is 5.75 Å². The van der Waals surface area contributed by atoms with E-state index in [1.807, 2.05) is 6.92 Å². The number of rotatable bonds is 6. The van der Waals surface area contributed by atoms with E-state index in [0.717, 1.165) is 52.8 Å². The summed E-state index contributed by atoms with van der Waals surface area (Å²) in [6.45, 7) is 3.37. The van der Waals surface area contributed by atoms with Gasteiger partial charge in [0.25, 0.3) is 5.91 Å². The lowest BCUT2D eigenvalue weighted by Gasteiger charge is -2.32. The van der Waals surface area contributed by atoms with Gasteiger partial charge in [-0.3, -0.25) is 4.79 Å². The minimum Gasteiger partial charge on any atom is -0.484 e. The zero-order chi connectivity index (χ0) is 23.7. The van der Waals surface area contributed by atoms with Gasteiger partial charge in [-0.2, -0.15) is 10.1 Å². The van der Waals surface area contributed by atoms with E-state index in [9.17, 15) is 13.6 Å². The molecule has 1 saturated heterocycles. The highest BCUT2D eigenvalue weighted by molar-refractivity contribution is 7.22. The summed E-state index contributed by atoms with van der Waals surface area (Å²) >= 11 is 1.59. The second kappa shape index (κ2) is 9.38. The first-order chi connectivity index (χ1) is 16.5. The van der Waals surface area contributed by atoms with Crippen LogP contribution < -0.4 is 15.0 Å². The monoisotopic (exact) mass is 483 g/mol. The van der Waals surface area contributed by atoms with Crippen molar-refractivity contribution in [3.63, 3.8) is 0 Å². The third-order valence-electron chi connectivity index (χ3n) is 5.76. The number of ether oxygens (including phenoxy) is 1. The maximum atomic E-state index is 13.3. The maximum Gasteiger partial charge on any atom is 0.258 e. The summed E-state index contributed by atoms with van der Waals surface area (Å²) in [4.78, 5) is 19.3. The fourth-order valence-electron chi connectivity index (χ4n) is 3.98. The van der Waals surface area contributed by atoms with Gasteiger partial charge in [-0.25, -0.2) is 13.5 Å². The Balaban J connectivity index is 1.19. The molecule has 0 bridgehead atoms. The number of hydrogen-bond acceptors (Lipinski definition) is 6. The Morgan fingerprint density at radius 3 is 2.41 bits per heavy atom. The molecule has 5 rings (SSSR count). The van der Waals surface area contributed by atoms with Gasteiger partial charge in [0.15, 0.2) is 17.4 Å². The molecule has 176 valence electrons. The third-order valence-corrected chi connectivity index (χ3v) is 6.98. The van der Waals surface area contributed by atoms with Crippen molar-refractivity contribution in [2.75, 3.05) is 24.6 Å². The van der Waals surface area contributed by atoms with Crippen molar-refractivity contribution < 1.29 is 18.3 Å². The topological polar surface area (TPSA) is 72.3 Å². The second-order valence-corrected chi connectivity index (χ2v) is 9.17. The summed E-state index contributed by atoms with van der Waals surface area (Å²) in [6.07, 6.45) is 1.59. The van der Waals surface area contributed by atoms with E-state index >= 15 is 0 Å². The number of anilines is 1. The molecular weight excluding hydrogens is 460 g/mol. The molecule has 0 saturated carbocycles. The molecule has 2 aromatic carbocycles. The van der Waals surface area contributed by atoms with Crippen molar-refractivity contribution >= 4 is 32.7 Å². The molecule has 3 heterocycles. The summed E-state index contributed by atoms with van der Waals surface area (Å²) < 4.78 is 34.5. The Morgan fingerprint density at radius 2 is 1.74 bits per heavy atom. The van der Waals surface area contributed by atoms with Crippen LogP contribution in [0, 0.1) is 18.6 Å². The van der Waals surface area contributed by atoms with Crippen LogP contribution in [0.2, 0.25) is 0 Å². The van der Waals surface area contributed by atoms with E-state index in [1.165, 1.54) is 36.4 Å². The molecule has 4 aromatic rings. The van der Waals surface area contributed by atoms with Gasteiger partial charge in [0.05, 0.1) is 16.1 Å². The minimum atomic E-state index is -0.348. The minimum absolute atomic E-state index is 0.0615. The van der Waals surface area contributed by atoms with Crippen LogP contribution in [0.15, 0.2) is 48.5 Å². The number of hydrogen-bond donors (Lipinski definition) is 1.